The third-order valence-corrected chi connectivity index (χ3v) is 6.22. The van der Waals surface area contributed by atoms with Gasteiger partial charge in [-0.2, -0.15) is 5.26 Å². The van der Waals surface area contributed by atoms with Crippen LogP contribution in [0.4, 0.5) is 5.82 Å². The number of aromatic nitrogens is 2. The van der Waals surface area contributed by atoms with Crippen molar-refractivity contribution in [3.63, 3.8) is 0 Å². The number of piperidine rings is 1. The van der Waals surface area contributed by atoms with E-state index in [-0.39, 0.29) is 0 Å². The maximum atomic E-state index is 9.67. The zero-order valence-electron chi connectivity index (χ0n) is 15.7. The number of benzene rings is 1. The molecule has 2 aliphatic rings. The molecule has 5 rings (SSSR count). The number of nitrogens with zero attached hydrogens (tertiary/aromatic N) is 4. The first-order chi connectivity index (χ1) is 13.3. The van der Waals surface area contributed by atoms with E-state index in [1.165, 1.54) is 12.8 Å². The van der Waals surface area contributed by atoms with Gasteiger partial charge in [-0.15, -0.1) is 0 Å². The fourth-order valence-electron chi connectivity index (χ4n) is 4.78. The van der Waals surface area contributed by atoms with Crippen molar-refractivity contribution in [2.45, 2.75) is 38.7 Å². The zero-order valence-corrected chi connectivity index (χ0v) is 15.7. The quantitative estimate of drug-likeness (QED) is 0.691. The first-order valence-electron chi connectivity index (χ1n) is 9.93. The van der Waals surface area contributed by atoms with Crippen LogP contribution in [0, 0.1) is 24.2 Å². The van der Waals surface area contributed by atoms with Crippen molar-refractivity contribution in [1.29, 1.82) is 5.26 Å². The van der Waals surface area contributed by atoms with Crippen LogP contribution in [-0.4, -0.2) is 35.2 Å². The van der Waals surface area contributed by atoms with Crippen LogP contribution >= 0.6 is 0 Å². The lowest BCUT2D eigenvalue weighted by Gasteiger charge is -2.36. The number of ether oxygens (including phenoxy) is 1. The molecule has 0 spiro atoms. The van der Waals surface area contributed by atoms with Gasteiger partial charge in [-0.1, -0.05) is 12.1 Å². The molecule has 27 heavy (non-hydrogen) atoms. The van der Waals surface area contributed by atoms with E-state index in [1.54, 1.807) is 0 Å². The Morgan fingerprint density at radius 2 is 2.00 bits per heavy atom. The number of anilines is 1. The normalized spacial score (nSPS) is 21.2. The van der Waals surface area contributed by atoms with Crippen molar-refractivity contribution in [3.05, 3.63) is 41.5 Å². The molecular formula is C22H24N4O. The Bertz CT molecular complexity index is 1030. The largest absolute Gasteiger partial charge is 0.378 e. The van der Waals surface area contributed by atoms with Crippen molar-refractivity contribution in [1.82, 2.24) is 9.38 Å². The Kier molecular flexibility index (Phi) is 4.02. The molecule has 4 heterocycles. The Balaban J connectivity index is 1.56. The number of para-hydroxylation sites is 2. The van der Waals surface area contributed by atoms with Crippen LogP contribution in [0.1, 0.15) is 36.8 Å². The van der Waals surface area contributed by atoms with E-state index in [1.807, 2.05) is 25.1 Å². The second-order valence-corrected chi connectivity index (χ2v) is 7.81. The van der Waals surface area contributed by atoms with Crippen LogP contribution in [0.15, 0.2) is 30.3 Å². The van der Waals surface area contributed by atoms with Crippen LogP contribution in [0.3, 0.4) is 0 Å². The molecule has 0 amide bonds. The Hall–Kier alpha value is -2.58. The van der Waals surface area contributed by atoms with E-state index in [4.69, 9.17) is 9.72 Å². The Morgan fingerprint density at radius 1 is 1.19 bits per heavy atom. The molecule has 0 radical (unpaired) electrons. The third-order valence-electron chi connectivity index (χ3n) is 6.22. The Morgan fingerprint density at radius 3 is 2.74 bits per heavy atom. The highest BCUT2D eigenvalue weighted by molar-refractivity contribution is 5.85. The predicted molar refractivity (Wildman–Crippen MR) is 106 cm³/mol. The van der Waals surface area contributed by atoms with Gasteiger partial charge in [0.25, 0.3) is 0 Å². The summed E-state index contributed by atoms with van der Waals surface area (Å²) in [5, 5.41) is 9.67. The number of rotatable bonds is 2. The summed E-state index contributed by atoms with van der Waals surface area (Å²) in [6.07, 6.45) is 5.22. The van der Waals surface area contributed by atoms with Gasteiger partial charge in [0.2, 0.25) is 0 Å². The zero-order chi connectivity index (χ0) is 18.4. The van der Waals surface area contributed by atoms with Gasteiger partial charge in [-0.3, -0.25) is 4.40 Å². The summed E-state index contributed by atoms with van der Waals surface area (Å²) in [5.74, 6) is 1.83. The lowest BCUT2D eigenvalue weighted by molar-refractivity contribution is 0.0531. The van der Waals surface area contributed by atoms with Gasteiger partial charge in [-0.05, 0) is 62.3 Å². The molecule has 0 saturated carbocycles. The molecule has 0 N–H and O–H groups in total. The minimum Gasteiger partial charge on any atom is -0.378 e. The van der Waals surface area contributed by atoms with E-state index in [2.05, 4.69) is 27.5 Å². The molecule has 3 aromatic rings. The second kappa shape index (κ2) is 6.54. The summed E-state index contributed by atoms with van der Waals surface area (Å²) in [4.78, 5) is 7.23. The van der Waals surface area contributed by atoms with Gasteiger partial charge in [0.15, 0.2) is 5.65 Å². The predicted octanol–water partition coefficient (Wildman–Crippen LogP) is 4.06. The van der Waals surface area contributed by atoms with Crippen LogP contribution in [0.25, 0.3) is 16.7 Å². The average molecular weight is 360 g/mol. The van der Waals surface area contributed by atoms with E-state index in [9.17, 15) is 5.26 Å². The summed E-state index contributed by atoms with van der Waals surface area (Å²) < 4.78 is 8.10. The molecule has 0 bridgehead atoms. The number of imidazole rings is 1. The Labute approximate surface area is 159 Å². The monoisotopic (exact) mass is 360 g/mol. The van der Waals surface area contributed by atoms with Gasteiger partial charge in [-0.25, -0.2) is 4.98 Å². The minimum atomic E-state index is 0.462. The number of hydrogen-bond donors (Lipinski definition) is 0. The molecular weight excluding hydrogens is 336 g/mol. The van der Waals surface area contributed by atoms with Crippen LogP contribution in [0.2, 0.25) is 0 Å². The summed E-state index contributed by atoms with van der Waals surface area (Å²) in [5.41, 5.74) is 4.45. The fraction of sp³-hybridized carbons (Fsp3) is 0.455. The van der Waals surface area contributed by atoms with E-state index >= 15 is 0 Å². The molecule has 1 aromatic carbocycles. The van der Waals surface area contributed by atoms with Crippen molar-refractivity contribution < 1.29 is 4.74 Å². The van der Waals surface area contributed by atoms with Crippen molar-refractivity contribution in [2.75, 3.05) is 24.6 Å². The standard InChI is InChI=1S/C22H24N4O/c1-15-13-21(25-10-8-16(9-11-25)20-7-4-12-27-20)26-19-6-3-2-5-18(19)24-22(26)17(15)14-23/h2-3,5-6,13,16,20H,4,7-12H2,1H3. The summed E-state index contributed by atoms with van der Waals surface area (Å²) in [7, 11) is 0. The maximum absolute atomic E-state index is 9.67. The van der Waals surface area contributed by atoms with Crippen molar-refractivity contribution in [3.8, 4) is 6.07 Å². The second-order valence-electron chi connectivity index (χ2n) is 7.81. The van der Waals surface area contributed by atoms with Gasteiger partial charge in [0.1, 0.15) is 11.9 Å². The molecule has 1 atom stereocenters. The molecule has 2 fully saturated rings. The van der Waals surface area contributed by atoms with Gasteiger partial charge in [0.05, 0.1) is 22.7 Å². The molecule has 2 saturated heterocycles. The molecule has 5 nitrogen and oxygen atoms in total. The first kappa shape index (κ1) is 16.6. The lowest BCUT2D eigenvalue weighted by atomic mass is 9.90. The highest BCUT2D eigenvalue weighted by Crippen LogP contribution is 2.33. The van der Waals surface area contributed by atoms with Crippen molar-refractivity contribution in [2.24, 2.45) is 5.92 Å². The molecule has 2 aromatic heterocycles. The number of hydrogen-bond acceptors (Lipinski definition) is 4. The summed E-state index contributed by atoms with van der Waals surface area (Å²) in [6, 6.07) is 12.7. The smallest absolute Gasteiger partial charge is 0.157 e. The van der Waals surface area contributed by atoms with Gasteiger partial charge >= 0.3 is 0 Å². The SMILES string of the molecule is Cc1cc(N2CCC(C3CCCO3)CC2)n2c(nc3ccccc32)c1C#N. The topological polar surface area (TPSA) is 53.6 Å². The van der Waals surface area contributed by atoms with Crippen molar-refractivity contribution >= 4 is 22.5 Å². The van der Waals surface area contributed by atoms with E-state index in [0.717, 1.165) is 60.6 Å². The molecule has 1 unspecified atom stereocenters. The molecule has 0 aliphatic carbocycles. The van der Waals surface area contributed by atoms with Crippen LogP contribution in [-0.2, 0) is 4.74 Å². The van der Waals surface area contributed by atoms with E-state index in [0.29, 0.717) is 17.6 Å². The maximum Gasteiger partial charge on any atom is 0.157 e. The molecule has 2 aliphatic heterocycles. The van der Waals surface area contributed by atoms with E-state index < -0.39 is 0 Å². The molecule has 138 valence electrons. The van der Waals surface area contributed by atoms with Gasteiger partial charge in [0, 0.05) is 19.7 Å². The fourth-order valence-corrected chi connectivity index (χ4v) is 4.78. The number of aryl methyl sites for hydroxylation is 1. The minimum absolute atomic E-state index is 0.462. The number of nitriles is 1. The van der Waals surface area contributed by atoms with Gasteiger partial charge < -0.3 is 9.64 Å². The highest BCUT2D eigenvalue weighted by Gasteiger charge is 2.30. The summed E-state index contributed by atoms with van der Waals surface area (Å²) >= 11 is 0. The molecule has 5 heteroatoms. The number of fused-ring (bicyclic) bond motifs is 3. The third kappa shape index (κ3) is 2.67. The van der Waals surface area contributed by atoms with Crippen LogP contribution < -0.4 is 4.90 Å². The highest BCUT2D eigenvalue weighted by atomic mass is 16.5. The first-order valence-corrected chi connectivity index (χ1v) is 9.93. The lowest BCUT2D eigenvalue weighted by Crippen LogP contribution is -2.38. The van der Waals surface area contributed by atoms with Crippen LogP contribution in [0.5, 0.6) is 0 Å². The number of pyridine rings is 1. The average Bonchev–Trinajstić information content (AvgIpc) is 3.36. The summed E-state index contributed by atoms with van der Waals surface area (Å²) in [6.45, 7) is 5.00.